The molecular formula is C12H20N2O2. The van der Waals surface area contributed by atoms with E-state index in [1.54, 1.807) is 6.20 Å². The molecule has 90 valence electrons. The van der Waals surface area contributed by atoms with Crippen LogP contribution in [0.25, 0.3) is 0 Å². The number of nitrogens with two attached hydrogens (primary N) is 1. The van der Waals surface area contributed by atoms with E-state index in [1.165, 1.54) is 0 Å². The highest BCUT2D eigenvalue weighted by Gasteiger charge is 2.05. The minimum atomic E-state index is 0.00222. The van der Waals surface area contributed by atoms with Crippen molar-refractivity contribution < 1.29 is 9.47 Å². The molecule has 0 saturated carbocycles. The standard InChI is InChI=1S/C12H20N2O2/c1-4-15-8-9(2)16-12-6-5-11(7-14-12)10(3)13/h5-7,9-10H,4,8,13H2,1-3H3/t9?,10-/m1/s1. The summed E-state index contributed by atoms with van der Waals surface area (Å²) in [6.07, 6.45) is 1.75. The topological polar surface area (TPSA) is 57.4 Å². The minimum absolute atomic E-state index is 0.00222. The molecule has 1 aromatic heterocycles. The van der Waals surface area contributed by atoms with Crippen LogP contribution < -0.4 is 10.5 Å². The van der Waals surface area contributed by atoms with Crippen molar-refractivity contribution in [2.75, 3.05) is 13.2 Å². The zero-order valence-corrected chi connectivity index (χ0v) is 10.1. The predicted octanol–water partition coefficient (Wildman–Crippen LogP) is 1.91. The van der Waals surface area contributed by atoms with Crippen molar-refractivity contribution in [2.45, 2.75) is 32.9 Å². The van der Waals surface area contributed by atoms with E-state index in [-0.39, 0.29) is 12.1 Å². The van der Waals surface area contributed by atoms with E-state index in [0.717, 1.165) is 5.56 Å². The largest absolute Gasteiger partial charge is 0.472 e. The lowest BCUT2D eigenvalue weighted by Gasteiger charge is -2.14. The Morgan fingerprint density at radius 3 is 2.62 bits per heavy atom. The van der Waals surface area contributed by atoms with Crippen LogP contribution >= 0.6 is 0 Å². The zero-order chi connectivity index (χ0) is 12.0. The molecule has 1 heterocycles. The smallest absolute Gasteiger partial charge is 0.213 e. The van der Waals surface area contributed by atoms with Gasteiger partial charge < -0.3 is 15.2 Å². The Balaban J connectivity index is 2.48. The summed E-state index contributed by atoms with van der Waals surface area (Å²) in [4.78, 5) is 4.19. The molecule has 1 rings (SSSR count). The Morgan fingerprint density at radius 2 is 2.12 bits per heavy atom. The third-order valence-corrected chi connectivity index (χ3v) is 2.16. The summed E-state index contributed by atoms with van der Waals surface area (Å²) >= 11 is 0. The third-order valence-electron chi connectivity index (χ3n) is 2.16. The van der Waals surface area contributed by atoms with Crippen LogP contribution in [0.3, 0.4) is 0 Å². The molecule has 1 unspecified atom stereocenters. The van der Waals surface area contributed by atoms with Gasteiger partial charge in [0.1, 0.15) is 6.10 Å². The number of hydrogen-bond donors (Lipinski definition) is 1. The van der Waals surface area contributed by atoms with E-state index in [4.69, 9.17) is 15.2 Å². The van der Waals surface area contributed by atoms with E-state index in [1.807, 2.05) is 32.9 Å². The molecule has 0 saturated heterocycles. The highest BCUT2D eigenvalue weighted by atomic mass is 16.5. The van der Waals surface area contributed by atoms with Crippen molar-refractivity contribution in [2.24, 2.45) is 5.73 Å². The Labute approximate surface area is 96.8 Å². The molecule has 0 amide bonds. The molecule has 0 aliphatic rings. The fraction of sp³-hybridized carbons (Fsp3) is 0.583. The number of ether oxygens (including phenoxy) is 2. The second-order valence-corrected chi connectivity index (χ2v) is 3.81. The van der Waals surface area contributed by atoms with Gasteiger partial charge in [0.2, 0.25) is 5.88 Å². The lowest BCUT2D eigenvalue weighted by molar-refractivity contribution is 0.0633. The third kappa shape index (κ3) is 4.16. The SMILES string of the molecule is CCOCC(C)Oc1ccc([C@@H](C)N)cn1. The molecule has 1 aromatic rings. The van der Waals surface area contributed by atoms with Gasteiger partial charge in [-0.25, -0.2) is 4.98 Å². The maximum atomic E-state index is 5.73. The van der Waals surface area contributed by atoms with E-state index in [2.05, 4.69) is 4.98 Å². The van der Waals surface area contributed by atoms with Gasteiger partial charge >= 0.3 is 0 Å². The average Bonchev–Trinajstić information content (AvgIpc) is 2.27. The second-order valence-electron chi connectivity index (χ2n) is 3.81. The molecule has 0 radical (unpaired) electrons. The van der Waals surface area contributed by atoms with Crippen LogP contribution in [0, 0.1) is 0 Å². The second kappa shape index (κ2) is 6.45. The molecule has 0 fully saturated rings. The number of aromatic nitrogens is 1. The van der Waals surface area contributed by atoms with Gasteiger partial charge in [-0.1, -0.05) is 6.07 Å². The molecule has 16 heavy (non-hydrogen) atoms. The van der Waals surface area contributed by atoms with Gasteiger partial charge in [0.05, 0.1) is 6.61 Å². The van der Waals surface area contributed by atoms with Crippen molar-refractivity contribution in [3.63, 3.8) is 0 Å². The van der Waals surface area contributed by atoms with Gasteiger partial charge in [-0.15, -0.1) is 0 Å². The maximum Gasteiger partial charge on any atom is 0.213 e. The van der Waals surface area contributed by atoms with E-state index in [0.29, 0.717) is 19.1 Å². The summed E-state index contributed by atoms with van der Waals surface area (Å²) in [6, 6.07) is 3.77. The van der Waals surface area contributed by atoms with Crippen LogP contribution in [0.5, 0.6) is 5.88 Å². The Bertz CT molecular complexity index is 298. The van der Waals surface area contributed by atoms with Crippen molar-refractivity contribution in [3.8, 4) is 5.88 Å². The van der Waals surface area contributed by atoms with Crippen molar-refractivity contribution in [1.82, 2.24) is 4.98 Å². The molecule has 0 aliphatic carbocycles. The summed E-state index contributed by atoms with van der Waals surface area (Å²) in [5, 5.41) is 0. The fourth-order valence-corrected chi connectivity index (χ4v) is 1.25. The van der Waals surface area contributed by atoms with E-state index in [9.17, 15) is 0 Å². The van der Waals surface area contributed by atoms with Crippen molar-refractivity contribution in [1.29, 1.82) is 0 Å². The summed E-state index contributed by atoms with van der Waals surface area (Å²) in [5.41, 5.74) is 6.73. The first-order valence-corrected chi connectivity index (χ1v) is 5.59. The van der Waals surface area contributed by atoms with Gasteiger partial charge in [0, 0.05) is 24.9 Å². The fourth-order valence-electron chi connectivity index (χ4n) is 1.25. The van der Waals surface area contributed by atoms with Crippen LogP contribution in [-0.2, 0) is 4.74 Å². The Hall–Kier alpha value is -1.13. The molecular weight excluding hydrogens is 204 g/mol. The average molecular weight is 224 g/mol. The predicted molar refractivity (Wildman–Crippen MR) is 63.4 cm³/mol. The van der Waals surface area contributed by atoms with Crippen molar-refractivity contribution in [3.05, 3.63) is 23.9 Å². The zero-order valence-electron chi connectivity index (χ0n) is 10.1. The lowest BCUT2D eigenvalue weighted by Crippen LogP contribution is -2.19. The molecule has 2 N–H and O–H groups in total. The Morgan fingerprint density at radius 1 is 1.38 bits per heavy atom. The Kier molecular flexibility index (Phi) is 5.22. The van der Waals surface area contributed by atoms with Crippen LogP contribution in [0.1, 0.15) is 32.4 Å². The van der Waals surface area contributed by atoms with Gasteiger partial charge in [-0.3, -0.25) is 0 Å². The first-order chi connectivity index (χ1) is 7.63. The van der Waals surface area contributed by atoms with Crippen LogP contribution in [-0.4, -0.2) is 24.3 Å². The number of hydrogen-bond acceptors (Lipinski definition) is 4. The molecule has 2 atom stereocenters. The number of nitrogens with zero attached hydrogens (tertiary/aromatic N) is 1. The molecule has 0 aromatic carbocycles. The van der Waals surface area contributed by atoms with E-state index < -0.39 is 0 Å². The monoisotopic (exact) mass is 224 g/mol. The van der Waals surface area contributed by atoms with Gasteiger partial charge in [-0.2, -0.15) is 0 Å². The maximum absolute atomic E-state index is 5.73. The molecule has 4 nitrogen and oxygen atoms in total. The van der Waals surface area contributed by atoms with Crippen LogP contribution in [0.4, 0.5) is 0 Å². The molecule has 0 bridgehead atoms. The lowest BCUT2D eigenvalue weighted by atomic mass is 10.2. The summed E-state index contributed by atoms with van der Waals surface area (Å²) < 4.78 is 10.8. The first kappa shape index (κ1) is 12.9. The summed E-state index contributed by atoms with van der Waals surface area (Å²) in [6.45, 7) is 7.12. The summed E-state index contributed by atoms with van der Waals surface area (Å²) in [5.74, 6) is 0.608. The molecule has 4 heteroatoms. The highest BCUT2D eigenvalue weighted by Crippen LogP contribution is 2.13. The van der Waals surface area contributed by atoms with Crippen LogP contribution in [0.2, 0.25) is 0 Å². The van der Waals surface area contributed by atoms with Gasteiger partial charge in [0.25, 0.3) is 0 Å². The van der Waals surface area contributed by atoms with Crippen LogP contribution in [0.15, 0.2) is 18.3 Å². The molecule has 0 spiro atoms. The minimum Gasteiger partial charge on any atom is -0.472 e. The first-order valence-electron chi connectivity index (χ1n) is 5.59. The quantitative estimate of drug-likeness (QED) is 0.802. The number of rotatable bonds is 6. The van der Waals surface area contributed by atoms with Gasteiger partial charge in [0.15, 0.2) is 0 Å². The van der Waals surface area contributed by atoms with Gasteiger partial charge in [-0.05, 0) is 26.3 Å². The van der Waals surface area contributed by atoms with Crippen molar-refractivity contribution >= 4 is 0 Å². The number of pyridine rings is 1. The normalized spacial score (nSPS) is 14.5. The molecule has 0 aliphatic heterocycles. The summed E-state index contributed by atoms with van der Waals surface area (Å²) in [7, 11) is 0. The van der Waals surface area contributed by atoms with E-state index >= 15 is 0 Å². The highest BCUT2D eigenvalue weighted by molar-refractivity contribution is 5.20.